The molecule has 1 aromatic carbocycles. The summed E-state index contributed by atoms with van der Waals surface area (Å²) in [7, 11) is 0. The quantitative estimate of drug-likeness (QED) is 0.819. The third-order valence-electron chi connectivity index (χ3n) is 4.85. The van der Waals surface area contributed by atoms with Gasteiger partial charge >= 0.3 is 5.97 Å². The maximum atomic E-state index is 12.9. The first-order chi connectivity index (χ1) is 13.1. The van der Waals surface area contributed by atoms with Crippen molar-refractivity contribution < 1.29 is 19.4 Å². The van der Waals surface area contributed by atoms with E-state index in [-0.39, 0.29) is 5.56 Å². The van der Waals surface area contributed by atoms with Crippen molar-refractivity contribution in [3.8, 4) is 11.8 Å². The molecule has 0 aliphatic carbocycles. The van der Waals surface area contributed by atoms with Crippen LogP contribution in [0.5, 0.6) is 5.75 Å². The highest BCUT2D eigenvalue weighted by Gasteiger charge is 2.47. The van der Waals surface area contributed by atoms with Crippen LogP contribution in [0.1, 0.15) is 56.5 Å². The number of esters is 1. The predicted molar refractivity (Wildman–Crippen MR) is 101 cm³/mol. The first kappa shape index (κ1) is 19.6. The van der Waals surface area contributed by atoms with Crippen molar-refractivity contribution in [3.63, 3.8) is 0 Å². The van der Waals surface area contributed by atoms with Gasteiger partial charge in [-0.1, -0.05) is 0 Å². The number of aromatic nitrogens is 1. The second-order valence-electron chi connectivity index (χ2n) is 7.43. The van der Waals surface area contributed by atoms with Crippen LogP contribution in [-0.4, -0.2) is 27.3 Å². The summed E-state index contributed by atoms with van der Waals surface area (Å²) in [5.74, 6) is 0.0177. The molecule has 2 heterocycles. The van der Waals surface area contributed by atoms with Crippen LogP contribution in [-0.2, 0) is 9.53 Å². The molecule has 2 aromatic rings. The van der Waals surface area contributed by atoms with Crippen LogP contribution >= 0.6 is 0 Å². The Labute approximate surface area is 162 Å². The number of carbonyl (C=O) groups is 1. The molecule has 0 bridgehead atoms. The van der Waals surface area contributed by atoms with Crippen LogP contribution < -0.4 is 10.3 Å². The van der Waals surface area contributed by atoms with E-state index in [1.807, 2.05) is 0 Å². The summed E-state index contributed by atoms with van der Waals surface area (Å²) in [5, 5.41) is 19.0. The third-order valence-corrected chi connectivity index (χ3v) is 4.85. The summed E-state index contributed by atoms with van der Waals surface area (Å²) in [5.41, 5.74) is 0.202. The Balaban J connectivity index is 2.25. The minimum absolute atomic E-state index is 0.355. The summed E-state index contributed by atoms with van der Waals surface area (Å²) >= 11 is 0. The average molecular weight is 382 g/mol. The van der Waals surface area contributed by atoms with E-state index in [1.54, 1.807) is 51.2 Å². The van der Waals surface area contributed by atoms with Crippen molar-refractivity contribution in [3.05, 3.63) is 63.6 Å². The largest absolute Gasteiger partial charge is 0.484 e. The molecule has 1 N–H and O–H groups in total. The number of nitrogens with zero attached hydrogens (tertiary/aromatic N) is 2. The first-order valence-corrected chi connectivity index (χ1v) is 8.94. The number of hydrogen-bond acceptors (Lipinski definition) is 6. The van der Waals surface area contributed by atoms with Crippen molar-refractivity contribution in [2.75, 3.05) is 0 Å². The molecule has 1 aliphatic rings. The lowest BCUT2D eigenvalue weighted by Gasteiger charge is -2.44. The van der Waals surface area contributed by atoms with Gasteiger partial charge in [-0.2, -0.15) is 5.26 Å². The molecule has 0 amide bonds. The Kier molecular flexibility index (Phi) is 5.01. The molecular formula is C21H22N2O5. The second kappa shape index (κ2) is 7.13. The number of nitriles is 1. The van der Waals surface area contributed by atoms with Crippen molar-refractivity contribution in [1.82, 2.24) is 4.57 Å². The number of aliphatic hydroxyl groups excluding tert-OH is 1. The maximum absolute atomic E-state index is 12.9. The molecule has 28 heavy (non-hydrogen) atoms. The zero-order valence-corrected chi connectivity index (χ0v) is 16.2. The van der Waals surface area contributed by atoms with E-state index in [1.165, 1.54) is 17.6 Å². The van der Waals surface area contributed by atoms with Crippen LogP contribution in [0.15, 0.2) is 41.3 Å². The van der Waals surface area contributed by atoms with E-state index in [9.17, 15) is 20.0 Å². The van der Waals surface area contributed by atoms with E-state index >= 15 is 0 Å². The number of pyridine rings is 1. The molecule has 0 spiro atoms. The van der Waals surface area contributed by atoms with Crippen molar-refractivity contribution >= 4 is 5.97 Å². The van der Waals surface area contributed by atoms with Gasteiger partial charge in [0, 0.05) is 24.8 Å². The zero-order valence-electron chi connectivity index (χ0n) is 16.2. The van der Waals surface area contributed by atoms with Gasteiger partial charge in [-0.15, -0.1) is 0 Å². The van der Waals surface area contributed by atoms with E-state index in [0.29, 0.717) is 22.4 Å². The molecule has 3 rings (SSSR count). The van der Waals surface area contributed by atoms with Gasteiger partial charge < -0.3 is 19.1 Å². The van der Waals surface area contributed by atoms with Crippen molar-refractivity contribution in [1.29, 1.82) is 5.26 Å². The standard InChI is InChI=1S/C21H22N2O5/c1-12(24)15-7-8-23(18(26)10-15)19-16-9-14(11-22)5-6-17(16)28-21(3,4)20(19)27-13(2)25/h5-10,12,19-20,24H,1-4H3. The predicted octanol–water partition coefficient (Wildman–Crippen LogP) is 2.47. The third kappa shape index (κ3) is 3.51. The van der Waals surface area contributed by atoms with Crippen LogP contribution in [0, 0.1) is 11.3 Å². The van der Waals surface area contributed by atoms with Gasteiger partial charge in [0.15, 0.2) is 6.10 Å². The van der Waals surface area contributed by atoms with Crippen LogP contribution in [0.25, 0.3) is 0 Å². The van der Waals surface area contributed by atoms with Gasteiger partial charge in [-0.05, 0) is 50.6 Å². The van der Waals surface area contributed by atoms with E-state index in [4.69, 9.17) is 9.47 Å². The number of aliphatic hydroxyl groups is 1. The average Bonchev–Trinajstić information content (AvgIpc) is 2.62. The Hall–Kier alpha value is -3.11. The smallest absolute Gasteiger partial charge is 0.303 e. The number of ether oxygens (including phenoxy) is 2. The molecule has 0 radical (unpaired) electrons. The number of hydrogen-bond donors (Lipinski definition) is 1. The molecule has 0 saturated heterocycles. The molecule has 1 aromatic heterocycles. The van der Waals surface area contributed by atoms with Crippen LogP contribution in [0.3, 0.4) is 0 Å². The number of fused-ring (bicyclic) bond motifs is 1. The Morgan fingerprint density at radius 1 is 1.36 bits per heavy atom. The fourth-order valence-corrected chi connectivity index (χ4v) is 3.50. The van der Waals surface area contributed by atoms with Crippen LogP contribution in [0.4, 0.5) is 0 Å². The second-order valence-corrected chi connectivity index (χ2v) is 7.43. The molecule has 7 heteroatoms. The highest BCUT2D eigenvalue weighted by atomic mass is 16.6. The molecule has 146 valence electrons. The van der Waals surface area contributed by atoms with Gasteiger partial charge in [0.2, 0.25) is 0 Å². The van der Waals surface area contributed by atoms with Gasteiger partial charge in [-0.3, -0.25) is 9.59 Å². The summed E-state index contributed by atoms with van der Waals surface area (Å²) < 4.78 is 13.1. The fraction of sp³-hybridized carbons (Fsp3) is 0.381. The van der Waals surface area contributed by atoms with Gasteiger partial charge in [0.1, 0.15) is 17.4 Å². The molecule has 3 atom stereocenters. The van der Waals surface area contributed by atoms with Gasteiger partial charge in [0.25, 0.3) is 5.56 Å². The first-order valence-electron chi connectivity index (χ1n) is 8.94. The fourth-order valence-electron chi connectivity index (χ4n) is 3.50. The number of benzene rings is 1. The van der Waals surface area contributed by atoms with Gasteiger partial charge in [-0.25, -0.2) is 0 Å². The maximum Gasteiger partial charge on any atom is 0.303 e. The van der Waals surface area contributed by atoms with E-state index < -0.39 is 29.8 Å². The molecule has 3 unspecified atom stereocenters. The van der Waals surface area contributed by atoms with E-state index in [0.717, 1.165) is 0 Å². The molecule has 7 nitrogen and oxygen atoms in total. The molecule has 1 aliphatic heterocycles. The number of carbonyl (C=O) groups excluding carboxylic acids is 1. The summed E-state index contributed by atoms with van der Waals surface area (Å²) in [4.78, 5) is 24.6. The summed E-state index contributed by atoms with van der Waals surface area (Å²) in [6, 6.07) is 9.35. The summed E-state index contributed by atoms with van der Waals surface area (Å²) in [6.45, 7) is 6.44. The molecule has 0 fully saturated rings. The normalized spacial score (nSPS) is 21.0. The number of rotatable bonds is 3. The monoisotopic (exact) mass is 382 g/mol. The lowest BCUT2D eigenvalue weighted by atomic mass is 9.85. The lowest BCUT2D eigenvalue weighted by Crippen LogP contribution is -2.54. The highest BCUT2D eigenvalue weighted by Crippen LogP contribution is 2.43. The Bertz CT molecular complexity index is 1020. The summed E-state index contributed by atoms with van der Waals surface area (Å²) in [6.07, 6.45) is -0.0211. The minimum atomic E-state index is -0.917. The Morgan fingerprint density at radius 3 is 2.64 bits per heavy atom. The zero-order chi connectivity index (χ0) is 20.6. The SMILES string of the molecule is CC(=O)OC1C(n2ccc(C(C)O)cc2=O)c2cc(C#N)ccc2OC1(C)C. The van der Waals surface area contributed by atoms with Gasteiger partial charge in [0.05, 0.1) is 17.7 Å². The Morgan fingerprint density at radius 2 is 2.07 bits per heavy atom. The van der Waals surface area contributed by atoms with Crippen molar-refractivity contribution in [2.45, 2.75) is 51.5 Å². The minimum Gasteiger partial charge on any atom is -0.484 e. The van der Waals surface area contributed by atoms with Crippen molar-refractivity contribution in [2.24, 2.45) is 0 Å². The highest BCUT2D eigenvalue weighted by molar-refractivity contribution is 5.66. The van der Waals surface area contributed by atoms with Crippen LogP contribution in [0.2, 0.25) is 0 Å². The van der Waals surface area contributed by atoms with E-state index in [2.05, 4.69) is 6.07 Å². The topological polar surface area (TPSA) is 102 Å². The molecule has 0 saturated carbocycles. The lowest BCUT2D eigenvalue weighted by molar-refractivity contribution is -0.163. The molecular weight excluding hydrogens is 360 g/mol.